The topological polar surface area (TPSA) is 113 Å². The van der Waals surface area contributed by atoms with Gasteiger partial charge in [0.05, 0.1) is 17.8 Å². The fourth-order valence-corrected chi connectivity index (χ4v) is 4.25. The summed E-state index contributed by atoms with van der Waals surface area (Å²) in [6.07, 6.45) is -0.758. The highest BCUT2D eigenvalue weighted by molar-refractivity contribution is 5.91. The molecule has 2 aromatic rings. The number of aliphatic hydroxyl groups excluding tert-OH is 1. The van der Waals surface area contributed by atoms with E-state index in [1.54, 1.807) is 13.0 Å². The molecule has 0 aliphatic carbocycles. The number of ketones is 1. The van der Waals surface area contributed by atoms with Crippen molar-refractivity contribution in [1.29, 1.82) is 0 Å². The van der Waals surface area contributed by atoms with Crippen LogP contribution in [0, 0.1) is 18.7 Å². The third kappa shape index (κ3) is 5.84. The van der Waals surface area contributed by atoms with E-state index in [0.717, 1.165) is 0 Å². The second kappa shape index (κ2) is 10.2. The average Bonchev–Trinajstić information content (AvgIpc) is 3.33. The lowest BCUT2D eigenvalue weighted by atomic mass is 9.91. The molecule has 1 fully saturated rings. The van der Waals surface area contributed by atoms with Crippen molar-refractivity contribution >= 4 is 17.6 Å². The largest absolute Gasteiger partial charge is 0.391 e. The molecule has 1 aliphatic rings. The molecular weight excluding hydrogens is 429 g/mol. The molecule has 1 aliphatic heterocycles. The van der Waals surface area contributed by atoms with Crippen LogP contribution in [-0.4, -0.2) is 51.5 Å². The van der Waals surface area contributed by atoms with Crippen molar-refractivity contribution in [2.75, 3.05) is 6.54 Å². The first kappa shape index (κ1) is 24.6. The highest BCUT2D eigenvalue weighted by atomic mass is 19.1. The van der Waals surface area contributed by atoms with Crippen LogP contribution >= 0.6 is 0 Å². The number of halogens is 1. The molecule has 2 heterocycles. The summed E-state index contributed by atoms with van der Waals surface area (Å²) in [6.45, 7) is 6.93. The van der Waals surface area contributed by atoms with Gasteiger partial charge in [0, 0.05) is 25.5 Å². The smallest absolute Gasteiger partial charge is 0.243 e. The van der Waals surface area contributed by atoms with Crippen LogP contribution in [-0.2, 0) is 14.4 Å². The lowest BCUT2D eigenvalue weighted by Crippen LogP contribution is -2.49. The van der Waals surface area contributed by atoms with Gasteiger partial charge in [-0.3, -0.25) is 14.4 Å². The van der Waals surface area contributed by atoms with Crippen molar-refractivity contribution in [2.24, 2.45) is 5.92 Å². The van der Waals surface area contributed by atoms with Crippen LogP contribution < -0.4 is 5.32 Å². The number of aryl methyl sites for hydroxylation is 1. The Morgan fingerprint density at radius 3 is 2.48 bits per heavy atom. The maximum Gasteiger partial charge on any atom is 0.243 e. The first-order chi connectivity index (χ1) is 15.6. The molecule has 0 bridgehead atoms. The molecule has 0 spiro atoms. The van der Waals surface area contributed by atoms with E-state index in [4.69, 9.17) is 4.52 Å². The average molecular weight is 460 g/mol. The molecule has 33 heavy (non-hydrogen) atoms. The number of carbonyl (C=O) groups excluding carboxylic acids is 3. The first-order valence-electron chi connectivity index (χ1n) is 11.0. The molecule has 8 nitrogen and oxygen atoms in total. The lowest BCUT2D eigenvalue weighted by molar-refractivity contribution is -0.141. The van der Waals surface area contributed by atoms with Crippen molar-refractivity contribution < 1.29 is 28.4 Å². The quantitative estimate of drug-likeness (QED) is 0.628. The Kier molecular flexibility index (Phi) is 7.63. The third-order valence-corrected chi connectivity index (χ3v) is 5.83. The standard InChI is InChI=1S/C24H30FN3O5/c1-13(2)22(21-9-14(3)27-33-21)24(32)28-12-18(30)11-20(28)23(31)26-19(10-15(4)29)16-5-7-17(25)8-6-16/h5-9,13,18-20,22,30H,10-12H2,1-4H3,(H,26,31)/t18-,19+,20+,22-/m1/s1. The second-order valence-corrected chi connectivity index (χ2v) is 9.01. The second-order valence-electron chi connectivity index (χ2n) is 9.01. The first-order valence-corrected chi connectivity index (χ1v) is 11.0. The van der Waals surface area contributed by atoms with Gasteiger partial charge in [-0.2, -0.15) is 0 Å². The number of β-amino-alcohol motifs (C(OH)–C–C–N with tert-alkyl or cyclic N) is 1. The molecule has 1 aromatic heterocycles. The van der Waals surface area contributed by atoms with Crippen molar-refractivity contribution in [3.63, 3.8) is 0 Å². The van der Waals surface area contributed by atoms with Crippen LogP contribution in [0.1, 0.15) is 62.6 Å². The molecule has 1 aromatic carbocycles. The summed E-state index contributed by atoms with van der Waals surface area (Å²) in [5.74, 6) is -1.76. The number of rotatable bonds is 8. The van der Waals surface area contributed by atoms with Gasteiger partial charge in [-0.25, -0.2) is 4.39 Å². The molecule has 0 saturated carbocycles. The van der Waals surface area contributed by atoms with Gasteiger partial charge in [0.2, 0.25) is 11.8 Å². The summed E-state index contributed by atoms with van der Waals surface area (Å²) in [7, 11) is 0. The number of aliphatic hydroxyl groups is 1. The number of carbonyl (C=O) groups is 3. The SMILES string of the molecule is CC(=O)C[C@H](NC(=O)[C@@H]1C[C@@H](O)CN1C(=O)[C@@H](c1cc(C)no1)C(C)C)c1ccc(F)cc1. The minimum atomic E-state index is -0.910. The van der Waals surface area contributed by atoms with Crippen LogP contribution in [0.2, 0.25) is 0 Å². The Hall–Kier alpha value is -3.07. The summed E-state index contributed by atoms with van der Waals surface area (Å²) in [4.78, 5) is 39.9. The van der Waals surface area contributed by atoms with E-state index in [9.17, 15) is 23.9 Å². The number of aromatic nitrogens is 1. The number of likely N-dealkylation sites (tertiary alicyclic amines) is 1. The number of Topliss-reactive ketones (excluding diaryl/α,β-unsaturated/α-hetero) is 1. The Labute approximate surface area is 192 Å². The monoisotopic (exact) mass is 459 g/mol. The number of amides is 2. The highest BCUT2D eigenvalue weighted by Gasteiger charge is 2.43. The summed E-state index contributed by atoms with van der Waals surface area (Å²) in [6, 6.07) is 5.65. The molecule has 9 heteroatoms. The van der Waals surface area contributed by atoms with Crippen LogP contribution in [0.3, 0.4) is 0 Å². The molecule has 1 saturated heterocycles. The van der Waals surface area contributed by atoms with Crippen LogP contribution in [0.4, 0.5) is 4.39 Å². The molecule has 2 N–H and O–H groups in total. The summed E-state index contributed by atoms with van der Waals surface area (Å²) in [5.41, 5.74) is 1.22. The van der Waals surface area contributed by atoms with Gasteiger partial charge < -0.3 is 19.8 Å². The van der Waals surface area contributed by atoms with E-state index in [2.05, 4.69) is 10.5 Å². The summed E-state index contributed by atoms with van der Waals surface area (Å²) in [5, 5.41) is 17.0. The number of nitrogens with one attached hydrogen (secondary N) is 1. The van der Waals surface area contributed by atoms with Crippen LogP contribution in [0.15, 0.2) is 34.9 Å². The van der Waals surface area contributed by atoms with Gasteiger partial charge in [-0.05, 0) is 37.5 Å². The van der Waals surface area contributed by atoms with Gasteiger partial charge in [-0.1, -0.05) is 31.1 Å². The highest BCUT2D eigenvalue weighted by Crippen LogP contribution is 2.31. The Morgan fingerprint density at radius 1 is 1.27 bits per heavy atom. The number of hydrogen-bond donors (Lipinski definition) is 2. The maximum atomic E-state index is 13.5. The summed E-state index contributed by atoms with van der Waals surface area (Å²) >= 11 is 0. The van der Waals surface area contributed by atoms with E-state index in [-0.39, 0.29) is 37.0 Å². The zero-order valence-electron chi connectivity index (χ0n) is 19.2. The number of hydrogen-bond acceptors (Lipinski definition) is 6. The maximum absolute atomic E-state index is 13.5. The molecule has 0 unspecified atom stereocenters. The number of nitrogens with zero attached hydrogens (tertiary/aromatic N) is 2. The Bertz CT molecular complexity index is 1000. The van der Waals surface area contributed by atoms with E-state index < -0.39 is 35.8 Å². The van der Waals surface area contributed by atoms with Gasteiger partial charge in [-0.15, -0.1) is 0 Å². The molecular formula is C24H30FN3O5. The molecule has 2 amide bonds. The fourth-order valence-electron chi connectivity index (χ4n) is 4.25. The van der Waals surface area contributed by atoms with Crippen molar-refractivity contribution in [3.05, 3.63) is 53.2 Å². The lowest BCUT2D eigenvalue weighted by Gasteiger charge is -2.30. The molecule has 4 atom stereocenters. The Balaban J connectivity index is 1.83. The minimum absolute atomic E-state index is 0.0151. The zero-order valence-corrected chi connectivity index (χ0v) is 19.2. The van der Waals surface area contributed by atoms with E-state index in [0.29, 0.717) is 17.0 Å². The Morgan fingerprint density at radius 2 is 1.94 bits per heavy atom. The molecule has 3 rings (SSSR count). The zero-order chi connectivity index (χ0) is 24.3. The number of benzene rings is 1. The van der Waals surface area contributed by atoms with E-state index >= 15 is 0 Å². The third-order valence-electron chi connectivity index (χ3n) is 5.83. The van der Waals surface area contributed by atoms with Gasteiger partial charge in [0.15, 0.2) is 0 Å². The van der Waals surface area contributed by atoms with Crippen molar-refractivity contribution in [1.82, 2.24) is 15.4 Å². The molecule has 0 radical (unpaired) electrons. The summed E-state index contributed by atoms with van der Waals surface area (Å²) < 4.78 is 18.7. The van der Waals surface area contributed by atoms with E-state index in [1.165, 1.54) is 36.1 Å². The van der Waals surface area contributed by atoms with Crippen molar-refractivity contribution in [3.8, 4) is 0 Å². The van der Waals surface area contributed by atoms with Crippen LogP contribution in [0.25, 0.3) is 0 Å². The van der Waals surface area contributed by atoms with Crippen LogP contribution in [0.5, 0.6) is 0 Å². The minimum Gasteiger partial charge on any atom is -0.391 e. The fraction of sp³-hybridized carbons (Fsp3) is 0.500. The van der Waals surface area contributed by atoms with E-state index in [1.807, 2.05) is 13.8 Å². The van der Waals surface area contributed by atoms with Gasteiger partial charge in [0.25, 0.3) is 0 Å². The normalized spacial score (nSPS) is 20.0. The van der Waals surface area contributed by atoms with Gasteiger partial charge >= 0.3 is 0 Å². The predicted molar refractivity (Wildman–Crippen MR) is 118 cm³/mol. The molecule has 178 valence electrons. The van der Waals surface area contributed by atoms with Crippen molar-refractivity contribution in [2.45, 2.75) is 64.6 Å². The van der Waals surface area contributed by atoms with Gasteiger partial charge in [0.1, 0.15) is 29.3 Å². The predicted octanol–water partition coefficient (Wildman–Crippen LogP) is 2.66.